The van der Waals surface area contributed by atoms with Crippen LogP contribution in [0.1, 0.15) is 40.0 Å². The molecule has 4 nitrogen and oxygen atoms in total. The van der Waals surface area contributed by atoms with Gasteiger partial charge in [-0.1, -0.05) is 6.92 Å². The highest BCUT2D eigenvalue weighted by Gasteiger charge is 2.32. The van der Waals surface area contributed by atoms with Crippen LogP contribution in [0.3, 0.4) is 0 Å². The zero-order valence-corrected chi connectivity index (χ0v) is 11.4. The molecule has 0 aromatic heterocycles. The van der Waals surface area contributed by atoms with Crippen LogP contribution in [0, 0.1) is 11.8 Å². The molecule has 4 heteroatoms. The smallest absolute Gasteiger partial charge is 0.225 e. The average molecular weight is 242 g/mol. The molecular weight excluding hydrogens is 216 g/mol. The highest BCUT2D eigenvalue weighted by molar-refractivity contribution is 5.78. The summed E-state index contributed by atoms with van der Waals surface area (Å²) in [5.41, 5.74) is 5.17. The third-order valence-electron chi connectivity index (χ3n) is 3.61. The number of aliphatic hydroxyl groups is 1. The Morgan fingerprint density at radius 3 is 2.53 bits per heavy atom. The molecule has 1 saturated carbocycles. The second-order valence-electron chi connectivity index (χ2n) is 6.16. The van der Waals surface area contributed by atoms with E-state index in [9.17, 15) is 9.90 Å². The number of nitrogens with two attached hydrogens (primary N) is 1. The van der Waals surface area contributed by atoms with Gasteiger partial charge in [0.25, 0.3) is 0 Å². The number of hydrogen-bond donors (Lipinski definition) is 2. The number of carbonyl (C=O) groups excluding carboxylic acids is 1. The normalized spacial score (nSPS) is 30.1. The van der Waals surface area contributed by atoms with E-state index in [0.29, 0.717) is 12.5 Å². The highest BCUT2D eigenvalue weighted by Crippen LogP contribution is 2.29. The molecular formula is C13H26N2O2. The Labute approximate surface area is 104 Å². The van der Waals surface area contributed by atoms with Gasteiger partial charge in [-0.05, 0) is 39.0 Å². The van der Waals surface area contributed by atoms with Crippen molar-refractivity contribution in [2.75, 3.05) is 13.6 Å². The fourth-order valence-corrected chi connectivity index (χ4v) is 2.55. The SMILES string of the molecule is CC1CCC(C(=O)N(C)CC(C)(C)O)CC1N. The van der Waals surface area contributed by atoms with Gasteiger partial charge in [-0.2, -0.15) is 0 Å². The fourth-order valence-electron chi connectivity index (χ4n) is 2.55. The topological polar surface area (TPSA) is 66.6 Å². The van der Waals surface area contributed by atoms with E-state index < -0.39 is 5.60 Å². The molecule has 1 amide bonds. The van der Waals surface area contributed by atoms with Gasteiger partial charge in [0.05, 0.1) is 5.60 Å². The molecule has 0 aliphatic heterocycles. The van der Waals surface area contributed by atoms with E-state index in [2.05, 4.69) is 6.92 Å². The van der Waals surface area contributed by atoms with E-state index in [-0.39, 0.29) is 17.9 Å². The quantitative estimate of drug-likeness (QED) is 0.775. The number of nitrogens with zero attached hydrogens (tertiary/aromatic N) is 1. The molecule has 1 aliphatic rings. The molecule has 0 radical (unpaired) electrons. The molecule has 17 heavy (non-hydrogen) atoms. The molecule has 1 aliphatic carbocycles. The van der Waals surface area contributed by atoms with Crippen LogP contribution in [0.25, 0.3) is 0 Å². The van der Waals surface area contributed by atoms with Gasteiger partial charge in [-0.15, -0.1) is 0 Å². The molecule has 3 unspecified atom stereocenters. The van der Waals surface area contributed by atoms with Crippen LogP contribution in [0.5, 0.6) is 0 Å². The first-order chi connectivity index (χ1) is 7.70. The van der Waals surface area contributed by atoms with Crippen molar-refractivity contribution < 1.29 is 9.90 Å². The molecule has 1 rings (SSSR count). The van der Waals surface area contributed by atoms with Gasteiger partial charge in [-0.3, -0.25) is 4.79 Å². The van der Waals surface area contributed by atoms with Crippen LogP contribution in [0.2, 0.25) is 0 Å². The van der Waals surface area contributed by atoms with Gasteiger partial charge in [-0.25, -0.2) is 0 Å². The van der Waals surface area contributed by atoms with Crippen LogP contribution in [-0.4, -0.2) is 41.1 Å². The van der Waals surface area contributed by atoms with Crippen molar-refractivity contribution in [1.82, 2.24) is 4.90 Å². The zero-order chi connectivity index (χ0) is 13.2. The molecule has 0 bridgehead atoms. The monoisotopic (exact) mass is 242 g/mol. The standard InChI is InChI=1S/C13H26N2O2/c1-9-5-6-10(7-11(9)14)12(16)15(4)8-13(2,3)17/h9-11,17H,5-8,14H2,1-4H3. The first kappa shape index (κ1) is 14.5. The van der Waals surface area contributed by atoms with Crippen molar-refractivity contribution in [2.45, 2.75) is 51.7 Å². The Hall–Kier alpha value is -0.610. The predicted octanol–water partition coefficient (Wildman–Crippen LogP) is 0.979. The predicted molar refractivity (Wildman–Crippen MR) is 68.4 cm³/mol. The van der Waals surface area contributed by atoms with Crippen LogP contribution in [-0.2, 0) is 4.79 Å². The van der Waals surface area contributed by atoms with Gasteiger partial charge in [0, 0.05) is 25.6 Å². The number of hydrogen-bond acceptors (Lipinski definition) is 3. The second-order valence-corrected chi connectivity index (χ2v) is 6.16. The fraction of sp³-hybridized carbons (Fsp3) is 0.923. The van der Waals surface area contributed by atoms with Crippen molar-refractivity contribution in [3.63, 3.8) is 0 Å². The van der Waals surface area contributed by atoms with Gasteiger partial charge in [0.15, 0.2) is 0 Å². The molecule has 0 spiro atoms. The number of likely N-dealkylation sites (N-methyl/N-ethyl adjacent to an activating group) is 1. The van der Waals surface area contributed by atoms with Crippen molar-refractivity contribution in [3.05, 3.63) is 0 Å². The van der Waals surface area contributed by atoms with Crippen LogP contribution < -0.4 is 5.73 Å². The Bertz CT molecular complexity index is 273. The number of carbonyl (C=O) groups is 1. The summed E-state index contributed by atoms with van der Waals surface area (Å²) in [6, 6.07) is 0.133. The minimum Gasteiger partial charge on any atom is -0.389 e. The molecule has 0 aromatic rings. The van der Waals surface area contributed by atoms with E-state index in [1.807, 2.05) is 0 Å². The minimum atomic E-state index is -0.839. The van der Waals surface area contributed by atoms with E-state index in [4.69, 9.17) is 5.73 Å². The Balaban J connectivity index is 2.53. The molecule has 100 valence electrons. The summed E-state index contributed by atoms with van der Waals surface area (Å²) in [6.07, 6.45) is 2.72. The maximum absolute atomic E-state index is 12.2. The van der Waals surface area contributed by atoms with E-state index in [1.54, 1.807) is 25.8 Å². The summed E-state index contributed by atoms with van der Waals surface area (Å²) >= 11 is 0. The summed E-state index contributed by atoms with van der Waals surface area (Å²) in [5, 5.41) is 9.71. The summed E-state index contributed by atoms with van der Waals surface area (Å²) in [5.74, 6) is 0.668. The zero-order valence-electron chi connectivity index (χ0n) is 11.4. The van der Waals surface area contributed by atoms with Crippen LogP contribution in [0.15, 0.2) is 0 Å². The Kier molecular flexibility index (Phi) is 4.55. The molecule has 1 fully saturated rings. The average Bonchev–Trinajstić information content (AvgIpc) is 2.18. The third-order valence-corrected chi connectivity index (χ3v) is 3.61. The largest absolute Gasteiger partial charge is 0.389 e. The van der Waals surface area contributed by atoms with E-state index >= 15 is 0 Å². The molecule has 0 heterocycles. The van der Waals surface area contributed by atoms with Crippen LogP contribution in [0.4, 0.5) is 0 Å². The lowest BCUT2D eigenvalue weighted by Gasteiger charge is -2.34. The van der Waals surface area contributed by atoms with Gasteiger partial charge < -0.3 is 15.7 Å². The molecule has 3 N–H and O–H groups in total. The summed E-state index contributed by atoms with van der Waals surface area (Å²) in [7, 11) is 1.75. The third kappa shape index (κ3) is 4.28. The van der Waals surface area contributed by atoms with Gasteiger partial charge in [0.1, 0.15) is 0 Å². The minimum absolute atomic E-state index is 0.0357. The second kappa shape index (κ2) is 5.36. The van der Waals surface area contributed by atoms with Crippen molar-refractivity contribution in [3.8, 4) is 0 Å². The van der Waals surface area contributed by atoms with E-state index in [1.165, 1.54) is 0 Å². The maximum atomic E-state index is 12.2. The first-order valence-electron chi connectivity index (χ1n) is 6.43. The number of rotatable bonds is 3. The van der Waals surface area contributed by atoms with Crippen molar-refractivity contribution in [2.24, 2.45) is 17.6 Å². The van der Waals surface area contributed by atoms with Gasteiger partial charge in [0.2, 0.25) is 5.91 Å². The molecule has 3 atom stereocenters. The van der Waals surface area contributed by atoms with E-state index in [0.717, 1.165) is 19.3 Å². The Morgan fingerprint density at radius 2 is 2.06 bits per heavy atom. The lowest BCUT2D eigenvalue weighted by Crippen LogP contribution is -2.45. The summed E-state index contributed by atoms with van der Waals surface area (Å²) in [4.78, 5) is 13.8. The lowest BCUT2D eigenvalue weighted by atomic mass is 9.79. The van der Waals surface area contributed by atoms with Crippen LogP contribution >= 0.6 is 0 Å². The van der Waals surface area contributed by atoms with Crippen molar-refractivity contribution >= 4 is 5.91 Å². The highest BCUT2D eigenvalue weighted by atomic mass is 16.3. The summed E-state index contributed by atoms with van der Waals surface area (Å²) in [6.45, 7) is 5.94. The maximum Gasteiger partial charge on any atom is 0.225 e. The first-order valence-corrected chi connectivity index (χ1v) is 6.43. The lowest BCUT2D eigenvalue weighted by molar-refractivity contribution is -0.138. The Morgan fingerprint density at radius 1 is 1.47 bits per heavy atom. The van der Waals surface area contributed by atoms with Crippen molar-refractivity contribution in [1.29, 1.82) is 0 Å². The van der Waals surface area contributed by atoms with Gasteiger partial charge >= 0.3 is 0 Å². The molecule has 0 saturated heterocycles. The number of amides is 1. The summed E-state index contributed by atoms with van der Waals surface area (Å²) < 4.78 is 0. The molecule has 0 aromatic carbocycles.